The smallest absolute Gasteiger partial charge is 0.124 e. The van der Waals surface area contributed by atoms with Gasteiger partial charge in [-0.1, -0.05) is 6.07 Å². The van der Waals surface area contributed by atoms with Crippen LogP contribution < -0.4 is 10.5 Å². The van der Waals surface area contributed by atoms with Crippen LogP contribution in [0.2, 0.25) is 0 Å². The van der Waals surface area contributed by atoms with Crippen LogP contribution in [0.4, 0.5) is 0 Å². The van der Waals surface area contributed by atoms with Crippen LogP contribution in [0.1, 0.15) is 31.4 Å². The molecule has 0 aliphatic carbocycles. The summed E-state index contributed by atoms with van der Waals surface area (Å²) in [5.74, 6) is 0.891. The summed E-state index contributed by atoms with van der Waals surface area (Å²) < 4.78 is 10.8. The zero-order valence-electron chi connectivity index (χ0n) is 11.0. The van der Waals surface area contributed by atoms with Crippen LogP contribution in [0.5, 0.6) is 5.75 Å². The fourth-order valence-electron chi connectivity index (χ4n) is 2.23. The molecular weight excluding hydrogens is 246 g/mol. The Kier molecular flexibility index (Phi) is 4.92. The number of ether oxygens (including phenoxy) is 2. The minimum Gasteiger partial charge on any atom is -0.496 e. The van der Waals surface area contributed by atoms with Crippen molar-refractivity contribution in [3.8, 4) is 5.75 Å². The third-order valence-corrected chi connectivity index (χ3v) is 4.58. The van der Waals surface area contributed by atoms with Crippen molar-refractivity contribution in [2.75, 3.05) is 20.3 Å². The summed E-state index contributed by atoms with van der Waals surface area (Å²) >= 11 is 1.91. The largest absolute Gasteiger partial charge is 0.496 e. The van der Waals surface area contributed by atoms with Crippen molar-refractivity contribution in [2.45, 2.75) is 36.0 Å². The summed E-state index contributed by atoms with van der Waals surface area (Å²) in [4.78, 5) is 1.25. The van der Waals surface area contributed by atoms with Crippen molar-refractivity contribution >= 4 is 11.8 Å². The van der Waals surface area contributed by atoms with E-state index >= 15 is 0 Å². The van der Waals surface area contributed by atoms with Gasteiger partial charge in [0, 0.05) is 35.0 Å². The van der Waals surface area contributed by atoms with Gasteiger partial charge in [0.05, 0.1) is 7.11 Å². The number of hydrogen-bond acceptors (Lipinski definition) is 4. The molecule has 1 aromatic rings. The van der Waals surface area contributed by atoms with Gasteiger partial charge in [-0.25, -0.2) is 0 Å². The molecule has 18 heavy (non-hydrogen) atoms. The van der Waals surface area contributed by atoms with Crippen LogP contribution in [0.25, 0.3) is 0 Å². The van der Waals surface area contributed by atoms with Crippen molar-refractivity contribution < 1.29 is 9.47 Å². The average Bonchev–Trinajstić information content (AvgIpc) is 2.39. The molecule has 2 N–H and O–H groups in total. The van der Waals surface area contributed by atoms with Gasteiger partial charge in [0.25, 0.3) is 0 Å². The first kappa shape index (κ1) is 13.7. The Morgan fingerprint density at radius 1 is 1.39 bits per heavy atom. The van der Waals surface area contributed by atoms with Gasteiger partial charge in [0.15, 0.2) is 0 Å². The highest BCUT2D eigenvalue weighted by atomic mass is 32.2. The second-order valence-corrected chi connectivity index (χ2v) is 5.93. The monoisotopic (exact) mass is 267 g/mol. The SMILES string of the molecule is COc1cccc(SC2CCOCC2)c1[C@@H](C)N. The number of nitrogens with two attached hydrogens (primary N) is 1. The van der Waals surface area contributed by atoms with Gasteiger partial charge in [-0.05, 0) is 31.9 Å². The molecule has 4 heteroatoms. The summed E-state index contributed by atoms with van der Waals surface area (Å²) in [5, 5.41) is 0.628. The van der Waals surface area contributed by atoms with Gasteiger partial charge in [0.1, 0.15) is 5.75 Å². The molecule has 1 aromatic carbocycles. The van der Waals surface area contributed by atoms with E-state index in [1.807, 2.05) is 30.8 Å². The molecular formula is C14H21NO2S. The first-order chi connectivity index (χ1) is 8.72. The van der Waals surface area contributed by atoms with Gasteiger partial charge in [-0.15, -0.1) is 11.8 Å². The fourth-order valence-corrected chi connectivity index (χ4v) is 3.58. The zero-order valence-corrected chi connectivity index (χ0v) is 11.8. The van der Waals surface area contributed by atoms with E-state index in [0.29, 0.717) is 5.25 Å². The van der Waals surface area contributed by atoms with Crippen LogP contribution in [0.15, 0.2) is 23.1 Å². The third-order valence-electron chi connectivity index (χ3n) is 3.16. The molecule has 1 saturated heterocycles. The Morgan fingerprint density at radius 3 is 2.72 bits per heavy atom. The van der Waals surface area contributed by atoms with Gasteiger partial charge in [-0.3, -0.25) is 0 Å². The molecule has 2 rings (SSSR count). The molecule has 0 unspecified atom stereocenters. The second kappa shape index (κ2) is 6.45. The van der Waals surface area contributed by atoms with E-state index in [2.05, 4.69) is 6.07 Å². The molecule has 0 spiro atoms. The third kappa shape index (κ3) is 3.19. The molecule has 0 amide bonds. The number of rotatable bonds is 4. The molecule has 1 aliphatic heterocycles. The molecule has 100 valence electrons. The van der Waals surface area contributed by atoms with Crippen molar-refractivity contribution in [3.05, 3.63) is 23.8 Å². The molecule has 0 aromatic heterocycles. The lowest BCUT2D eigenvalue weighted by atomic mass is 10.1. The van der Waals surface area contributed by atoms with Crippen molar-refractivity contribution in [1.29, 1.82) is 0 Å². The Morgan fingerprint density at radius 2 is 2.11 bits per heavy atom. The van der Waals surface area contributed by atoms with Crippen LogP contribution in [-0.2, 0) is 4.74 Å². The van der Waals surface area contributed by atoms with E-state index in [1.54, 1.807) is 7.11 Å². The molecule has 0 saturated carbocycles. The lowest BCUT2D eigenvalue weighted by Crippen LogP contribution is -2.18. The van der Waals surface area contributed by atoms with Gasteiger partial charge < -0.3 is 15.2 Å². The summed E-state index contributed by atoms with van der Waals surface area (Å²) in [6, 6.07) is 6.14. The molecule has 1 atom stereocenters. The first-order valence-corrected chi connectivity index (χ1v) is 7.27. The van der Waals surface area contributed by atoms with Crippen molar-refractivity contribution in [3.63, 3.8) is 0 Å². The Balaban J connectivity index is 2.20. The maximum Gasteiger partial charge on any atom is 0.124 e. The highest BCUT2D eigenvalue weighted by molar-refractivity contribution is 8.00. The summed E-state index contributed by atoms with van der Waals surface area (Å²) in [6.45, 7) is 3.75. The average molecular weight is 267 g/mol. The minimum atomic E-state index is -0.0107. The molecule has 0 bridgehead atoms. The van der Waals surface area contributed by atoms with Crippen LogP contribution in [0, 0.1) is 0 Å². The highest BCUT2D eigenvalue weighted by Crippen LogP contribution is 2.38. The molecule has 3 nitrogen and oxygen atoms in total. The normalized spacial score (nSPS) is 18.6. The topological polar surface area (TPSA) is 44.5 Å². The van der Waals surface area contributed by atoms with E-state index in [4.69, 9.17) is 15.2 Å². The molecule has 0 radical (unpaired) electrons. The van der Waals surface area contributed by atoms with Crippen molar-refractivity contribution in [2.24, 2.45) is 5.73 Å². The highest BCUT2D eigenvalue weighted by Gasteiger charge is 2.19. The van der Waals surface area contributed by atoms with E-state index in [-0.39, 0.29) is 6.04 Å². The Labute approximate surface area is 113 Å². The van der Waals surface area contributed by atoms with Gasteiger partial charge >= 0.3 is 0 Å². The molecule has 1 aliphatic rings. The first-order valence-electron chi connectivity index (χ1n) is 6.39. The molecule has 1 fully saturated rings. The lowest BCUT2D eigenvalue weighted by Gasteiger charge is -2.24. The van der Waals surface area contributed by atoms with E-state index in [0.717, 1.165) is 37.4 Å². The van der Waals surface area contributed by atoms with Crippen LogP contribution in [0.3, 0.4) is 0 Å². The summed E-state index contributed by atoms with van der Waals surface area (Å²) in [5.41, 5.74) is 7.20. The predicted molar refractivity (Wildman–Crippen MR) is 75.3 cm³/mol. The number of thioether (sulfide) groups is 1. The number of benzene rings is 1. The maximum absolute atomic E-state index is 6.08. The summed E-state index contributed by atoms with van der Waals surface area (Å²) in [6.07, 6.45) is 2.22. The van der Waals surface area contributed by atoms with Crippen molar-refractivity contribution in [1.82, 2.24) is 0 Å². The Hall–Kier alpha value is -0.710. The van der Waals surface area contributed by atoms with Crippen LogP contribution >= 0.6 is 11.8 Å². The lowest BCUT2D eigenvalue weighted by molar-refractivity contribution is 0.1000. The number of hydrogen-bond donors (Lipinski definition) is 1. The Bertz CT molecular complexity index is 389. The fraction of sp³-hybridized carbons (Fsp3) is 0.571. The summed E-state index contributed by atoms with van der Waals surface area (Å²) in [7, 11) is 1.70. The minimum absolute atomic E-state index is 0.0107. The van der Waals surface area contributed by atoms with Gasteiger partial charge in [-0.2, -0.15) is 0 Å². The predicted octanol–water partition coefficient (Wildman–Crippen LogP) is 2.99. The zero-order chi connectivity index (χ0) is 13.0. The quantitative estimate of drug-likeness (QED) is 0.911. The standard InChI is InChI=1S/C14H21NO2S/c1-10(15)14-12(16-2)4-3-5-13(14)18-11-6-8-17-9-7-11/h3-5,10-11H,6-9,15H2,1-2H3/t10-/m1/s1. The molecule has 1 heterocycles. The maximum atomic E-state index is 6.08. The van der Waals surface area contributed by atoms with Crippen LogP contribution in [-0.4, -0.2) is 25.6 Å². The van der Waals surface area contributed by atoms with E-state index in [1.165, 1.54) is 4.90 Å². The van der Waals surface area contributed by atoms with Gasteiger partial charge in [0.2, 0.25) is 0 Å². The number of methoxy groups -OCH3 is 1. The van der Waals surface area contributed by atoms with E-state index in [9.17, 15) is 0 Å². The second-order valence-electron chi connectivity index (χ2n) is 4.59. The van der Waals surface area contributed by atoms with E-state index < -0.39 is 0 Å².